The van der Waals surface area contributed by atoms with Crippen LogP contribution in [0.5, 0.6) is 0 Å². The van der Waals surface area contributed by atoms with Gasteiger partial charge < -0.3 is 9.80 Å². The van der Waals surface area contributed by atoms with Gasteiger partial charge in [-0.1, -0.05) is 243 Å². The van der Waals surface area contributed by atoms with E-state index >= 15 is 0 Å². The summed E-state index contributed by atoms with van der Waals surface area (Å²) in [6.45, 7) is 18.6. The second kappa shape index (κ2) is 19.4. The zero-order valence-electron chi connectivity index (χ0n) is 45.6. The third-order valence-electron chi connectivity index (χ3n) is 16.0. The Labute approximate surface area is 456 Å². The molecule has 0 amide bonds. The average molecular weight is 995 g/mol. The molecule has 1 aliphatic carbocycles. The van der Waals surface area contributed by atoms with Crippen LogP contribution in [0.15, 0.2) is 255 Å². The quantitative estimate of drug-likeness (QED) is 0.135. The van der Waals surface area contributed by atoms with Crippen LogP contribution in [0.3, 0.4) is 0 Å². The molecule has 0 bridgehead atoms. The van der Waals surface area contributed by atoms with Crippen molar-refractivity contribution in [1.29, 1.82) is 0 Å². The summed E-state index contributed by atoms with van der Waals surface area (Å²) in [6, 6.07) is 94.7. The Hall–Kier alpha value is -8.72. The maximum atomic E-state index is 2.53. The molecule has 2 heteroatoms. The van der Waals surface area contributed by atoms with Crippen LogP contribution in [-0.4, -0.2) is 0 Å². The van der Waals surface area contributed by atoms with Crippen LogP contribution < -0.4 is 9.80 Å². The summed E-state index contributed by atoms with van der Waals surface area (Å²) in [7, 11) is 0. The maximum absolute atomic E-state index is 2.53. The van der Waals surface area contributed by atoms with E-state index < -0.39 is 0 Å². The number of hydrogen-bond donors (Lipinski definition) is 0. The van der Waals surface area contributed by atoms with Crippen LogP contribution in [0.1, 0.15) is 77.6 Å². The van der Waals surface area contributed by atoms with Gasteiger partial charge in [0.25, 0.3) is 0 Å². The minimum atomic E-state index is -0.373. The van der Waals surface area contributed by atoms with Gasteiger partial charge in [0.05, 0.1) is 17.1 Å². The molecule has 2 nitrogen and oxygen atoms in total. The lowest BCUT2D eigenvalue weighted by atomic mass is 9.81. The molecule has 0 aliphatic heterocycles. The van der Waals surface area contributed by atoms with Gasteiger partial charge in [0.15, 0.2) is 0 Å². The predicted octanol–water partition coefficient (Wildman–Crippen LogP) is 21.3. The van der Waals surface area contributed by atoms with Gasteiger partial charge in [-0.15, -0.1) is 0 Å². The molecule has 1 aliphatic rings. The van der Waals surface area contributed by atoms with Crippen LogP contribution >= 0.6 is 0 Å². The van der Waals surface area contributed by atoms with E-state index in [0.29, 0.717) is 0 Å². The van der Waals surface area contributed by atoms with Crippen molar-refractivity contribution < 1.29 is 0 Å². The molecule has 376 valence electrons. The van der Waals surface area contributed by atoms with Gasteiger partial charge in [-0.05, 0) is 150 Å². The number of fused-ring (bicyclic) bond motifs is 5. The van der Waals surface area contributed by atoms with Crippen LogP contribution in [0.4, 0.5) is 34.1 Å². The van der Waals surface area contributed by atoms with Crippen molar-refractivity contribution in [3.63, 3.8) is 0 Å². The fraction of sp³-hybridized carbons (Fsp3) is 0.147. The summed E-state index contributed by atoms with van der Waals surface area (Å²) in [5.41, 5.74) is 23.7. The van der Waals surface area contributed by atoms with E-state index in [1.165, 1.54) is 88.7 Å². The van der Waals surface area contributed by atoms with Gasteiger partial charge in [-0.3, -0.25) is 0 Å². The third kappa shape index (κ3) is 9.12. The SMILES string of the molecule is CC(C)(C)c1ccc(N(c2ccc3c(c2)C(C)(C)c2cc(N(c4ccc(C(C)(C)C)cc4)c4ccc(-c5ccccc5)cc4-c4ccccc4)c4ccccc4c2-3)c2ccc(-c3ccccc3)cc2-c2ccccc2)cc1. The van der Waals surface area contributed by atoms with E-state index in [-0.39, 0.29) is 16.2 Å². The zero-order chi connectivity index (χ0) is 53.1. The van der Waals surface area contributed by atoms with Gasteiger partial charge in [0, 0.05) is 39.0 Å². The minimum absolute atomic E-state index is 0.00496. The summed E-state index contributed by atoms with van der Waals surface area (Å²) >= 11 is 0. The first-order chi connectivity index (χ1) is 37.2. The van der Waals surface area contributed by atoms with E-state index in [1.807, 2.05) is 0 Å². The lowest BCUT2D eigenvalue weighted by molar-refractivity contribution is 0.590. The smallest absolute Gasteiger partial charge is 0.0543 e. The molecule has 0 aromatic heterocycles. The summed E-state index contributed by atoms with van der Waals surface area (Å²) in [5.74, 6) is 0. The normalized spacial score (nSPS) is 12.8. The summed E-state index contributed by atoms with van der Waals surface area (Å²) in [4.78, 5) is 5.02. The molecule has 11 aromatic rings. The van der Waals surface area contributed by atoms with Crippen molar-refractivity contribution in [2.45, 2.75) is 71.6 Å². The van der Waals surface area contributed by atoms with Crippen molar-refractivity contribution in [3.05, 3.63) is 277 Å². The molecule has 0 N–H and O–H groups in total. The highest BCUT2D eigenvalue weighted by Crippen LogP contribution is 2.57. The lowest BCUT2D eigenvalue weighted by Gasteiger charge is -2.32. The Morgan fingerprint density at radius 2 is 0.688 bits per heavy atom. The number of nitrogens with zero attached hydrogens (tertiary/aromatic N) is 2. The second-order valence-corrected chi connectivity index (χ2v) is 23.4. The largest absolute Gasteiger partial charge is 0.310 e. The standard InChI is InChI=1S/C75H66N2/c1-73(2,3)57-35-39-59(40-36-57)76(69-45-33-55(51-23-13-9-14-24-51)47-65(69)53-27-17-11-18-28-53)61-43-44-64-67(49-61)75(7,8)68-50-71(62-31-21-22-32-63(62)72(64)68)77(60-41-37-58(38-42-60)74(4,5)6)70-46-34-56(52-25-15-10-16-26-52)48-66(70)54-29-19-12-20-30-54/h9-50H,1-8H3. The average Bonchev–Trinajstić information content (AvgIpc) is 3.81. The first-order valence-corrected chi connectivity index (χ1v) is 27.2. The summed E-state index contributed by atoms with van der Waals surface area (Å²) < 4.78 is 0. The van der Waals surface area contributed by atoms with Crippen molar-refractivity contribution in [2.75, 3.05) is 9.80 Å². The van der Waals surface area contributed by atoms with Crippen LogP contribution in [-0.2, 0) is 16.2 Å². The Morgan fingerprint density at radius 1 is 0.286 bits per heavy atom. The van der Waals surface area contributed by atoms with Gasteiger partial charge in [-0.2, -0.15) is 0 Å². The first-order valence-electron chi connectivity index (χ1n) is 27.2. The van der Waals surface area contributed by atoms with Crippen molar-refractivity contribution in [1.82, 2.24) is 0 Å². The van der Waals surface area contributed by atoms with Crippen molar-refractivity contribution in [3.8, 4) is 55.6 Å². The van der Waals surface area contributed by atoms with Crippen molar-refractivity contribution in [2.24, 2.45) is 0 Å². The fourth-order valence-electron chi connectivity index (χ4n) is 11.7. The van der Waals surface area contributed by atoms with Gasteiger partial charge in [0.2, 0.25) is 0 Å². The van der Waals surface area contributed by atoms with E-state index in [2.05, 4.69) is 320 Å². The molecule has 0 saturated carbocycles. The molecule has 0 radical (unpaired) electrons. The van der Waals surface area contributed by atoms with E-state index in [1.54, 1.807) is 0 Å². The number of hydrogen-bond acceptors (Lipinski definition) is 2. The van der Waals surface area contributed by atoms with E-state index in [9.17, 15) is 0 Å². The topological polar surface area (TPSA) is 6.48 Å². The van der Waals surface area contributed by atoms with E-state index in [0.717, 1.165) is 34.1 Å². The third-order valence-corrected chi connectivity index (χ3v) is 16.0. The summed E-state index contributed by atoms with van der Waals surface area (Å²) in [6.07, 6.45) is 0. The van der Waals surface area contributed by atoms with Crippen LogP contribution in [0.2, 0.25) is 0 Å². The molecule has 0 fully saturated rings. The predicted molar refractivity (Wildman–Crippen MR) is 330 cm³/mol. The highest BCUT2D eigenvalue weighted by atomic mass is 15.2. The zero-order valence-corrected chi connectivity index (χ0v) is 45.6. The fourth-order valence-corrected chi connectivity index (χ4v) is 11.7. The van der Waals surface area contributed by atoms with Crippen LogP contribution in [0.25, 0.3) is 66.4 Å². The van der Waals surface area contributed by atoms with Gasteiger partial charge >= 0.3 is 0 Å². The first kappa shape index (κ1) is 49.2. The van der Waals surface area contributed by atoms with Crippen LogP contribution in [0, 0.1) is 0 Å². The van der Waals surface area contributed by atoms with Gasteiger partial charge in [0.1, 0.15) is 0 Å². The summed E-state index contributed by atoms with van der Waals surface area (Å²) in [5, 5.41) is 2.45. The number of rotatable bonds is 10. The molecule has 77 heavy (non-hydrogen) atoms. The molecular weight excluding hydrogens is 929 g/mol. The van der Waals surface area contributed by atoms with E-state index in [4.69, 9.17) is 0 Å². The molecule has 11 aromatic carbocycles. The molecular formula is C75H66N2. The monoisotopic (exact) mass is 995 g/mol. The second-order valence-electron chi connectivity index (χ2n) is 23.4. The number of benzene rings is 11. The molecule has 0 heterocycles. The molecule has 0 unspecified atom stereocenters. The molecule has 12 rings (SSSR count). The highest BCUT2D eigenvalue weighted by molar-refractivity contribution is 6.11. The Kier molecular flexibility index (Phi) is 12.4. The Morgan fingerprint density at radius 3 is 1.16 bits per heavy atom. The Balaban J connectivity index is 1.07. The molecule has 0 saturated heterocycles. The Bertz CT molecular complexity index is 3920. The number of anilines is 6. The molecule has 0 atom stereocenters. The lowest BCUT2D eigenvalue weighted by Crippen LogP contribution is -2.18. The minimum Gasteiger partial charge on any atom is -0.310 e. The highest BCUT2D eigenvalue weighted by Gasteiger charge is 2.39. The van der Waals surface area contributed by atoms with Gasteiger partial charge in [-0.25, -0.2) is 0 Å². The maximum Gasteiger partial charge on any atom is 0.0543 e. The van der Waals surface area contributed by atoms with Crippen molar-refractivity contribution >= 4 is 44.9 Å². The molecule has 0 spiro atoms.